The lowest BCUT2D eigenvalue weighted by molar-refractivity contribution is 0.195. The first-order valence-electron chi connectivity index (χ1n) is 7.14. The quantitative estimate of drug-likeness (QED) is 0.888. The van der Waals surface area contributed by atoms with Crippen LogP contribution in [0.25, 0.3) is 0 Å². The van der Waals surface area contributed by atoms with E-state index in [2.05, 4.69) is 0 Å². The lowest BCUT2D eigenvalue weighted by Crippen LogP contribution is -2.41. The Morgan fingerprint density at radius 1 is 1.10 bits per heavy atom. The molecule has 21 heavy (non-hydrogen) atoms. The van der Waals surface area contributed by atoms with Crippen molar-refractivity contribution in [2.24, 2.45) is 5.73 Å². The summed E-state index contributed by atoms with van der Waals surface area (Å²) in [6.45, 7) is 4.25. The van der Waals surface area contributed by atoms with E-state index in [9.17, 15) is 9.50 Å². The molecule has 0 aromatic heterocycles. The fourth-order valence-electron chi connectivity index (χ4n) is 2.79. The van der Waals surface area contributed by atoms with Gasteiger partial charge in [0, 0.05) is 12.0 Å². The molecule has 3 N–H and O–H groups in total. The summed E-state index contributed by atoms with van der Waals surface area (Å²) in [6.07, 6.45) is 0.599. The van der Waals surface area contributed by atoms with Crippen LogP contribution in [0.3, 0.4) is 0 Å². The Kier molecular flexibility index (Phi) is 4.76. The van der Waals surface area contributed by atoms with E-state index in [-0.39, 0.29) is 19.0 Å². The second-order valence-electron chi connectivity index (χ2n) is 5.70. The Morgan fingerprint density at radius 3 is 2.24 bits per heavy atom. The maximum Gasteiger partial charge on any atom is 0.123 e. The van der Waals surface area contributed by atoms with Crippen LogP contribution in [0.4, 0.5) is 4.39 Å². The molecular weight excluding hydrogens is 265 g/mol. The fraction of sp³-hybridized carbons (Fsp3) is 0.333. The summed E-state index contributed by atoms with van der Waals surface area (Å²) >= 11 is 0. The van der Waals surface area contributed by atoms with E-state index in [1.54, 1.807) is 6.07 Å². The van der Waals surface area contributed by atoms with Crippen molar-refractivity contribution in [2.75, 3.05) is 13.2 Å². The molecule has 1 atom stereocenters. The molecule has 0 amide bonds. The molecule has 1 unspecified atom stereocenters. The molecule has 2 aromatic rings. The maximum atomic E-state index is 13.5. The van der Waals surface area contributed by atoms with Gasteiger partial charge in [0.25, 0.3) is 0 Å². The number of nitrogens with two attached hydrogens (primary N) is 1. The largest absolute Gasteiger partial charge is 0.395 e. The van der Waals surface area contributed by atoms with Crippen LogP contribution < -0.4 is 5.73 Å². The second kappa shape index (κ2) is 6.37. The van der Waals surface area contributed by atoms with E-state index in [1.807, 2.05) is 38.1 Å². The van der Waals surface area contributed by atoms with Gasteiger partial charge in [0.1, 0.15) is 5.82 Å². The van der Waals surface area contributed by atoms with Crippen LogP contribution in [-0.4, -0.2) is 18.3 Å². The maximum absolute atomic E-state index is 13.5. The molecule has 0 saturated carbocycles. The highest BCUT2D eigenvalue weighted by Gasteiger charge is 2.31. The van der Waals surface area contributed by atoms with E-state index in [0.717, 1.165) is 16.7 Å². The Hall–Kier alpha value is -1.71. The molecule has 0 aliphatic carbocycles. The summed E-state index contributed by atoms with van der Waals surface area (Å²) in [4.78, 5) is 0. The number of aryl methyl sites for hydroxylation is 2. The average molecular weight is 287 g/mol. The Morgan fingerprint density at radius 2 is 1.71 bits per heavy atom. The van der Waals surface area contributed by atoms with Crippen molar-refractivity contribution in [3.63, 3.8) is 0 Å². The van der Waals surface area contributed by atoms with Gasteiger partial charge in [-0.15, -0.1) is 0 Å². The third-order valence-corrected chi connectivity index (χ3v) is 4.29. The van der Waals surface area contributed by atoms with Crippen molar-refractivity contribution in [3.05, 3.63) is 70.5 Å². The van der Waals surface area contributed by atoms with Gasteiger partial charge >= 0.3 is 0 Å². The molecule has 2 rings (SSSR count). The number of rotatable bonds is 5. The van der Waals surface area contributed by atoms with Gasteiger partial charge < -0.3 is 10.8 Å². The molecule has 0 spiro atoms. The fourth-order valence-corrected chi connectivity index (χ4v) is 2.79. The van der Waals surface area contributed by atoms with Crippen LogP contribution in [0.1, 0.15) is 22.3 Å². The molecule has 0 bridgehead atoms. The van der Waals surface area contributed by atoms with E-state index in [1.165, 1.54) is 17.7 Å². The minimum Gasteiger partial charge on any atom is -0.395 e. The van der Waals surface area contributed by atoms with E-state index >= 15 is 0 Å². The SMILES string of the molecule is Cc1cccc(C)c1CC(CN)(CO)c1cccc(F)c1. The summed E-state index contributed by atoms with van der Waals surface area (Å²) in [5.41, 5.74) is 9.55. The molecular formula is C18H22FNO. The molecule has 112 valence electrons. The second-order valence-corrected chi connectivity index (χ2v) is 5.70. The first kappa shape index (κ1) is 15.7. The van der Waals surface area contributed by atoms with Crippen LogP contribution in [0, 0.1) is 19.7 Å². The third-order valence-electron chi connectivity index (χ3n) is 4.29. The Labute approximate surface area is 125 Å². The lowest BCUT2D eigenvalue weighted by atomic mass is 9.74. The molecule has 2 aromatic carbocycles. The predicted molar refractivity (Wildman–Crippen MR) is 83.8 cm³/mol. The Balaban J connectivity index is 2.48. The van der Waals surface area contributed by atoms with Crippen molar-refractivity contribution in [1.29, 1.82) is 0 Å². The standard InChI is InChI=1S/C18H22FNO/c1-13-5-3-6-14(2)17(13)10-18(11-20,12-21)15-7-4-8-16(19)9-15/h3-9,21H,10-12,20H2,1-2H3. The van der Waals surface area contributed by atoms with Crippen molar-refractivity contribution in [3.8, 4) is 0 Å². The van der Waals surface area contributed by atoms with Crippen molar-refractivity contribution >= 4 is 0 Å². The number of hydrogen-bond donors (Lipinski definition) is 2. The third kappa shape index (κ3) is 3.14. The summed E-state index contributed by atoms with van der Waals surface area (Å²) in [5, 5.41) is 9.96. The molecule has 0 heterocycles. The van der Waals surface area contributed by atoms with Crippen LogP contribution in [0.2, 0.25) is 0 Å². The minimum atomic E-state index is -0.654. The monoisotopic (exact) mass is 287 g/mol. The number of halogens is 1. The number of aliphatic hydroxyl groups excluding tert-OH is 1. The van der Waals surface area contributed by atoms with E-state index in [4.69, 9.17) is 5.73 Å². The normalized spacial score (nSPS) is 14.0. The smallest absolute Gasteiger partial charge is 0.123 e. The zero-order valence-electron chi connectivity index (χ0n) is 12.6. The topological polar surface area (TPSA) is 46.2 Å². The summed E-state index contributed by atoms with van der Waals surface area (Å²) in [6, 6.07) is 12.5. The predicted octanol–water partition coefficient (Wildman–Crippen LogP) is 2.87. The average Bonchev–Trinajstić information content (AvgIpc) is 2.48. The summed E-state index contributed by atoms with van der Waals surface area (Å²) in [5.74, 6) is -0.305. The van der Waals surface area contributed by atoms with Gasteiger partial charge in [-0.25, -0.2) is 4.39 Å². The Bertz CT molecular complexity index is 600. The van der Waals surface area contributed by atoms with Crippen LogP contribution in [-0.2, 0) is 11.8 Å². The van der Waals surface area contributed by atoms with Crippen molar-refractivity contribution in [1.82, 2.24) is 0 Å². The highest BCUT2D eigenvalue weighted by atomic mass is 19.1. The first-order valence-corrected chi connectivity index (χ1v) is 7.14. The zero-order chi connectivity index (χ0) is 15.5. The van der Waals surface area contributed by atoms with E-state index < -0.39 is 5.41 Å². The number of benzene rings is 2. The van der Waals surface area contributed by atoms with E-state index in [0.29, 0.717) is 6.42 Å². The summed E-state index contributed by atoms with van der Waals surface area (Å²) in [7, 11) is 0. The van der Waals surface area contributed by atoms with Gasteiger partial charge in [0.15, 0.2) is 0 Å². The highest BCUT2D eigenvalue weighted by Crippen LogP contribution is 2.30. The zero-order valence-corrected chi connectivity index (χ0v) is 12.6. The molecule has 2 nitrogen and oxygen atoms in total. The molecule has 0 fully saturated rings. The molecule has 3 heteroatoms. The lowest BCUT2D eigenvalue weighted by Gasteiger charge is -2.32. The van der Waals surface area contributed by atoms with Crippen molar-refractivity contribution in [2.45, 2.75) is 25.7 Å². The molecule has 0 aliphatic heterocycles. The highest BCUT2D eigenvalue weighted by molar-refractivity contribution is 5.38. The van der Waals surface area contributed by atoms with Gasteiger partial charge in [-0.2, -0.15) is 0 Å². The van der Waals surface area contributed by atoms with Crippen LogP contribution >= 0.6 is 0 Å². The molecule has 0 radical (unpaired) electrons. The van der Waals surface area contributed by atoms with Crippen LogP contribution in [0.5, 0.6) is 0 Å². The minimum absolute atomic E-state index is 0.110. The van der Waals surface area contributed by atoms with Crippen molar-refractivity contribution < 1.29 is 9.50 Å². The van der Waals surface area contributed by atoms with Gasteiger partial charge in [0.2, 0.25) is 0 Å². The van der Waals surface area contributed by atoms with Gasteiger partial charge in [0.05, 0.1) is 6.61 Å². The number of hydrogen-bond acceptors (Lipinski definition) is 2. The molecule has 0 aliphatic rings. The first-order chi connectivity index (χ1) is 10.0. The summed E-state index contributed by atoms with van der Waals surface area (Å²) < 4.78 is 13.5. The number of aliphatic hydroxyl groups is 1. The molecule has 0 saturated heterocycles. The van der Waals surface area contributed by atoms with Gasteiger partial charge in [-0.3, -0.25) is 0 Å². The van der Waals surface area contributed by atoms with Crippen LogP contribution in [0.15, 0.2) is 42.5 Å². The van der Waals surface area contributed by atoms with Gasteiger partial charge in [-0.1, -0.05) is 30.3 Å². The van der Waals surface area contributed by atoms with Gasteiger partial charge in [-0.05, 0) is 54.7 Å².